The molecule has 184 valence electrons. The smallest absolute Gasteiger partial charge is 0.337 e. The third-order valence-corrected chi connectivity index (χ3v) is 8.35. The predicted molar refractivity (Wildman–Crippen MR) is 135 cm³/mol. The van der Waals surface area contributed by atoms with Crippen molar-refractivity contribution in [3.8, 4) is 11.5 Å². The van der Waals surface area contributed by atoms with Crippen LogP contribution in [0, 0.1) is 0 Å². The van der Waals surface area contributed by atoms with Crippen LogP contribution in [-0.2, 0) is 14.3 Å². The summed E-state index contributed by atoms with van der Waals surface area (Å²) >= 11 is 1.68. The van der Waals surface area contributed by atoms with E-state index in [2.05, 4.69) is 11.4 Å². The van der Waals surface area contributed by atoms with Gasteiger partial charge in [-0.15, -0.1) is 11.3 Å². The number of carbonyl (C=O) groups is 2. The molecule has 6 nitrogen and oxygen atoms in total. The lowest BCUT2D eigenvalue weighted by Crippen LogP contribution is -2.36. The number of Topliss-reactive ketones (excluding diaryl/α,β-unsaturated/α-hetero) is 1. The van der Waals surface area contributed by atoms with Gasteiger partial charge in [0.25, 0.3) is 0 Å². The highest BCUT2D eigenvalue weighted by atomic mass is 32.1. The minimum absolute atomic E-state index is 0.0469. The van der Waals surface area contributed by atoms with Gasteiger partial charge in [-0.25, -0.2) is 4.79 Å². The van der Waals surface area contributed by atoms with Gasteiger partial charge >= 0.3 is 5.97 Å². The lowest BCUT2D eigenvalue weighted by atomic mass is 9.72. The Kier molecular flexibility index (Phi) is 6.69. The molecule has 1 aromatic carbocycles. The van der Waals surface area contributed by atoms with Gasteiger partial charge in [-0.2, -0.15) is 0 Å². The normalized spacial score (nSPS) is 22.7. The summed E-state index contributed by atoms with van der Waals surface area (Å²) in [6, 6.07) is 9.63. The average Bonchev–Trinajstić information content (AvgIpc) is 3.57. The van der Waals surface area contributed by atoms with Crippen LogP contribution < -0.4 is 14.8 Å². The van der Waals surface area contributed by atoms with E-state index >= 15 is 0 Å². The topological polar surface area (TPSA) is 73.9 Å². The third kappa shape index (κ3) is 4.49. The largest absolute Gasteiger partial charge is 0.497 e. The number of ketones is 1. The number of thiophene rings is 1. The highest BCUT2D eigenvalue weighted by Crippen LogP contribution is 2.49. The van der Waals surface area contributed by atoms with Gasteiger partial charge in [-0.1, -0.05) is 6.07 Å². The molecule has 1 aliphatic heterocycles. The molecule has 0 spiro atoms. The summed E-state index contributed by atoms with van der Waals surface area (Å²) in [6.45, 7) is 1.90. The van der Waals surface area contributed by atoms with Crippen molar-refractivity contribution < 1.29 is 23.8 Å². The van der Waals surface area contributed by atoms with Crippen LogP contribution in [0.15, 0.2) is 58.3 Å². The minimum Gasteiger partial charge on any atom is -0.497 e. The molecule has 1 saturated carbocycles. The molecular formula is C28H31NO5S. The number of rotatable bonds is 6. The van der Waals surface area contributed by atoms with E-state index in [-0.39, 0.29) is 23.8 Å². The molecule has 0 radical (unpaired) electrons. The zero-order valence-electron chi connectivity index (χ0n) is 20.4. The van der Waals surface area contributed by atoms with Gasteiger partial charge in [0.15, 0.2) is 5.78 Å². The summed E-state index contributed by atoms with van der Waals surface area (Å²) in [7, 11) is 3.21. The van der Waals surface area contributed by atoms with E-state index in [0.29, 0.717) is 35.5 Å². The standard InChI is InChI=1S/C28H31NO5S/c1-16-25(28(31)34-18-7-4-5-8-18)26(20-15-19(32-2)10-11-23(20)33-3)27-21(29-16)13-17(14-22(27)30)24-9-6-12-35-24/h6,9-12,15,17-18,26,29H,4-5,7-8,13-14H2,1-3H3/t17-,26-/m1/s1. The van der Waals surface area contributed by atoms with Crippen molar-refractivity contribution in [3.63, 3.8) is 0 Å². The first-order valence-electron chi connectivity index (χ1n) is 12.2. The van der Waals surface area contributed by atoms with Crippen LogP contribution in [0.1, 0.15) is 67.7 Å². The second-order valence-electron chi connectivity index (χ2n) is 9.45. The Hall–Kier alpha value is -3.06. The van der Waals surface area contributed by atoms with Gasteiger partial charge in [-0.05, 0) is 68.7 Å². The monoisotopic (exact) mass is 493 g/mol. The maximum Gasteiger partial charge on any atom is 0.337 e. The Balaban J connectivity index is 1.61. The summed E-state index contributed by atoms with van der Waals surface area (Å²) < 4.78 is 17.2. The molecule has 2 atom stereocenters. The lowest BCUT2D eigenvalue weighted by Gasteiger charge is -2.37. The Morgan fingerprint density at radius 3 is 2.57 bits per heavy atom. The van der Waals surface area contributed by atoms with Crippen LogP contribution in [0.25, 0.3) is 0 Å². The molecule has 0 saturated heterocycles. The van der Waals surface area contributed by atoms with E-state index < -0.39 is 5.92 Å². The second-order valence-corrected chi connectivity index (χ2v) is 10.4. The highest BCUT2D eigenvalue weighted by molar-refractivity contribution is 7.10. The second kappa shape index (κ2) is 9.90. The average molecular weight is 494 g/mol. The molecule has 0 amide bonds. The molecule has 2 aliphatic carbocycles. The SMILES string of the molecule is COc1ccc(OC)c([C@@H]2C(C(=O)OC3CCCC3)=C(C)NC3=C2C(=O)C[C@H](c2cccs2)C3)c1. The molecule has 1 aromatic heterocycles. The molecule has 7 heteroatoms. The van der Waals surface area contributed by atoms with Crippen molar-refractivity contribution in [3.05, 3.63) is 68.7 Å². The van der Waals surface area contributed by atoms with E-state index in [1.54, 1.807) is 25.6 Å². The molecule has 0 bridgehead atoms. The molecule has 1 fully saturated rings. The maximum atomic E-state index is 13.8. The Morgan fingerprint density at radius 1 is 1.09 bits per heavy atom. The molecule has 2 aromatic rings. The summed E-state index contributed by atoms with van der Waals surface area (Å²) in [5.41, 5.74) is 3.45. The van der Waals surface area contributed by atoms with Crippen molar-refractivity contribution >= 4 is 23.1 Å². The third-order valence-electron chi connectivity index (χ3n) is 7.32. The predicted octanol–water partition coefficient (Wildman–Crippen LogP) is 5.61. The number of esters is 1. The van der Waals surface area contributed by atoms with Crippen LogP contribution >= 0.6 is 11.3 Å². The van der Waals surface area contributed by atoms with Crippen LogP contribution in [0.4, 0.5) is 0 Å². The minimum atomic E-state index is -0.581. The summed E-state index contributed by atoms with van der Waals surface area (Å²) in [6.07, 6.45) is 4.96. The van der Waals surface area contributed by atoms with E-state index in [9.17, 15) is 9.59 Å². The molecule has 0 unspecified atom stereocenters. The number of methoxy groups -OCH3 is 2. The molecular weight excluding hydrogens is 462 g/mol. The number of nitrogens with one attached hydrogen (secondary N) is 1. The molecule has 5 rings (SSSR count). The Bertz CT molecular complexity index is 1190. The maximum absolute atomic E-state index is 13.8. The van der Waals surface area contributed by atoms with Gasteiger partial charge < -0.3 is 19.5 Å². The number of allylic oxidation sites excluding steroid dienone is 3. The fourth-order valence-electron chi connectivity index (χ4n) is 5.63. The van der Waals surface area contributed by atoms with Crippen molar-refractivity contribution in [2.24, 2.45) is 0 Å². The first-order chi connectivity index (χ1) is 17.0. The van der Waals surface area contributed by atoms with E-state index in [0.717, 1.165) is 42.6 Å². The van der Waals surface area contributed by atoms with Crippen LogP contribution in [0.3, 0.4) is 0 Å². The van der Waals surface area contributed by atoms with Gasteiger partial charge in [0, 0.05) is 39.7 Å². The fourth-order valence-corrected chi connectivity index (χ4v) is 6.46. The summed E-state index contributed by atoms with van der Waals surface area (Å²) in [4.78, 5) is 28.6. The highest BCUT2D eigenvalue weighted by Gasteiger charge is 2.43. The molecule has 1 N–H and O–H groups in total. The number of dihydropyridines is 1. The van der Waals surface area contributed by atoms with E-state index in [1.165, 1.54) is 4.88 Å². The number of hydrogen-bond acceptors (Lipinski definition) is 7. The Labute approximate surface area is 210 Å². The van der Waals surface area contributed by atoms with Crippen molar-refractivity contribution in [2.75, 3.05) is 14.2 Å². The van der Waals surface area contributed by atoms with Gasteiger partial charge in [-0.3, -0.25) is 4.79 Å². The van der Waals surface area contributed by atoms with Crippen LogP contribution in [0.2, 0.25) is 0 Å². The summed E-state index contributed by atoms with van der Waals surface area (Å²) in [5.74, 6) is 0.477. The lowest BCUT2D eigenvalue weighted by molar-refractivity contribution is -0.144. The van der Waals surface area contributed by atoms with Crippen molar-refractivity contribution in [2.45, 2.75) is 63.4 Å². The fraction of sp³-hybridized carbons (Fsp3) is 0.429. The van der Waals surface area contributed by atoms with E-state index in [4.69, 9.17) is 14.2 Å². The molecule has 2 heterocycles. The van der Waals surface area contributed by atoms with Gasteiger partial charge in [0.05, 0.1) is 25.7 Å². The zero-order valence-corrected chi connectivity index (χ0v) is 21.2. The quantitative estimate of drug-likeness (QED) is 0.527. The number of ether oxygens (including phenoxy) is 3. The van der Waals surface area contributed by atoms with E-state index in [1.807, 2.05) is 36.6 Å². The van der Waals surface area contributed by atoms with Crippen LogP contribution in [0.5, 0.6) is 11.5 Å². The molecule has 35 heavy (non-hydrogen) atoms. The van der Waals surface area contributed by atoms with Gasteiger partial charge in [0.2, 0.25) is 0 Å². The molecule has 3 aliphatic rings. The van der Waals surface area contributed by atoms with Crippen molar-refractivity contribution in [1.82, 2.24) is 5.32 Å². The Morgan fingerprint density at radius 2 is 1.89 bits per heavy atom. The summed E-state index contributed by atoms with van der Waals surface area (Å²) in [5, 5.41) is 5.48. The number of benzene rings is 1. The van der Waals surface area contributed by atoms with Crippen LogP contribution in [-0.4, -0.2) is 32.1 Å². The van der Waals surface area contributed by atoms with Crippen molar-refractivity contribution in [1.29, 1.82) is 0 Å². The number of carbonyl (C=O) groups excluding carboxylic acids is 2. The van der Waals surface area contributed by atoms with Gasteiger partial charge in [0.1, 0.15) is 17.6 Å². The first-order valence-corrected chi connectivity index (χ1v) is 13.1. The first kappa shape index (κ1) is 23.7. The number of hydrogen-bond donors (Lipinski definition) is 1. The zero-order chi connectivity index (χ0) is 24.5.